The first-order chi connectivity index (χ1) is 10.6. The minimum absolute atomic E-state index is 0.219. The molecule has 0 radical (unpaired) electrons. The van der Waals surface area contributed by atoms with Crippen molar-refractivity contribution in [1.29, 1.82) is 5.41 Å². The van der Waals surface area contributed by atoms with Gasteiger partial charge in [-0.1, -0.05) is 0 Å². The minimum Gasteiger partial charge on any atom is -0.331 e. The van der Waals surface area contributed by atoms with E-state index < -0.39 is 23.7 Å². The summed E-state index contributed by atoms with van der Waals surface area (Å²) in [5.74, 6) is 3.30. The standard InChI is InChI=1S/C13H18BrFN6O2/c1-6-9(11(22)19-12(16)21(4)17)8(15)5-7(14)10(6)18-13(23)20(2)3/h5H,17H2,1-4H3,(H,18,23)(H2,16,19,22). The van der Waals surface area contributed by atoms with Crippen molar-refractivity contribution in [2.45, 2.75) is 6.92 Å². The number of urea groups is 1. The molecule has 8 nitrogen and oxygen atoms in total. The number of hydrogen-bond donors (Lipinski definition) is 4. The lowest BCUT2D eigenvalue weighted by atomic mass is 10.1. The summed E-state index contributed by atoms with van der Waals surface area (Å²) in [5, 5.41) is 13.1. The number of nitrogens with zero attached hydrogens (tertiary/aromatic N) is 2. The summed E-state index contributed by atoms with van der Waals surface area (Å²) in [6.07, 6.45) is 0. The summed E-state index contributed by atoms with van der Waals surface area (Å²) in [4.78, 5) is 25.3. The smallest absolute Gasteiger partial charge is 0.321 e. The SMILES string of the molecule is Cc1c(NC(=O)N(C)C)c(Br)cc(F)c1C(=O)NC(=N)N(C)N. The molecule has 0 saturated carbocycles. The quantitative estimate of drug-likeness (QED) is 0.265. The molecule has 0 aliphatic heterocycles. The molecule has 1 rings (SSSR count). The number of hydrazine groups is 1. The maximum absolute atomic E-state index is 14.2. The van der Waals surface area contributed by atoms with E-state index in [0.29, 0.717) is 4.47 Å². The van der Waals surface area contributed by atoms with Crippen LogP contribution in [0, 0.1) is 18.2 Å². The Balaban J connectivity index is 3.26. The van der Waals surface area contributed by atoms with Gasteiger partial charge in [0.2, 0.25) is 5.96 Å². The van der Waals surface area contributed by atoms with E-state index >= 15 is 0 Å². The van der Waals surface area contributed by atoms with Gasteiger partial charge in [-0.25, -0.2) is 15.0 Å². The van der Waals surface area contributed by atoms with Crippen molar-refractivity contribution in [2.24, 2.45) is 5.84 Å². The van der Waals surface area contributed by atoms with Crippen LogP contribution >= 0.6 is 15.9 Å². The van der Waals surface area contributed by atoms with E-state index in [1.165, 1.54) is 18.9 Å². The number of benzene rings is 1. The molecule has 0 fully saturated rings. The zero-order valence-corrected chi connectivity index (χ0v) is 14.7. The van der Waals surface area contributed by atoms with Gasteiger partial charge in [-0.2, -0.15) is 0 Å². The number of guanidine groups is 1. The van der Waals surface area contributed by atoms with Crippen molar-refractivity contribution >= 4 is 39.5 Å². The van der Waals surface area contributed by atoms with Crippen molar-refractivity contribution < 1.29 is 14.0 Å². The number of amides is 3. The highest BCUT2D eigenvalue weighted by atomic mass is 79.9. The Bertz CT molecular complexity index is 662. The minimum atomic E-state index is -0.838. The topological polar surface area (TPSA) is 115 Å². The van der Waals surface area contributed by atoms with Crippen LogP contribution in [0.25, 0.3) is 0 Å². The number of anilines is 1. The first-order valence-corrected chi connectivity index (χ1v) is 7.20. The lowest BCUT2D eigenvalue weighted by Gasteiger charge is -2.19. The van der Waals surface area contributed by atoms with Crippen LogP contribution in [0.5, 0.6) is 0 Å². The van der Waals surface area contributed by atoms with Crippen LogP contribution in [0.15, 0.2) is 10.5 Å². The van der Waals surface area contributed by atoms with E-state index in [-0.39, 0.29) is 16.8 Å². The normalized spacial score (nSPS) is 10.0. The van der Waals surface area contributed by atoms with Gasteiger partial charge in [0.1, 0.15) is 5.82 Å². The largest absolute Gasteiger partial charge is 0.331 e. The molecule has 0 aromatic heterocycles. The average Bonchev–Trinajstić information content (AvgIpc) is 2.42. The van der Waals surface area contributed by atoms with Crippen LogP contribution in [-0.2, 0) is 0 Å². The van der Waals surface area contributed by atoms with E-state index in [0.717, 1.165) is 11.1 Å². The molecule has 0 unspecified atom stereocenters. The summed E-state index contributed by atoms with van der Waals surface area (Å²) in [6.45, 7) is 1.49. The molecule has 1 aromatic carbocycles. The number of nitrogens with two attached hydrogens (primary N) is 1. The Morgan fingerprint density at radius 2 is 1.91 bits per heavy atom. The molecule has 0 bridgehead atoms. The number of halogens is 2. The van der Waals surface area contributed by atoms with Gasteiger partial charge in [0, 0.05) is 25.6 Å². The highest BCUT2D eigenvalue weighted by molar-refractivity contribution is 9.10. The first-order valence-electron chi connectivity index (χ1n) is 6.41. The summed E-state index contributed by atoms with van der Waals surface area (Å²) in [5.41, 5.74) is 0.203. The van der Waals surface area contributed by atoms with Gasteiger partial charge in [0.15, 0.2) is 0 Å². The number of rotatable bonds is 2. The van der Waals surface area contributed by atoms with Gasteiger partial charge < -0.3 is 10.2 Å². The fourth-order valence-corrected chi connectivity index (χ4v) is 2.25. The van der Waals surface area contributed by atoms with Gasteiger partial charge in [-0.15, -0.1) is 0 Å². The number of carbonyl (C=O) groups is 2. The predicted molar refractivity (Wildman–Crippen MR) is 88.7 cm³/mol. The van der Waals surface area contributed by atoms with Crippen molar-refractivity contribution in [2.75, 3.05) is 26.5 Å². The molecule has 0 saturated heterocycles. The summed E-state index contributed by atoms with van der Waals surface area (Å²) in [6, 6.07) is 0.643. The first kappa shape index (κ1) is 18.8. The highest BCUT2D eigenvalue weighted by Crippen LogP contribution is 2.31. The molecule has 1 aromatic rings. The zero-order valence-electron chi connectivity index (χ0n) is 13.1. The van der Waals surface area contributed by atoms with Crippen molar-refractivity contribution in [1.82, 2.24) is 15.2 Å². The zero-order chi connectivity index (χ0) is 17.9. The second-order valence-electron chi connectivity index (χ2n) is 4.95. The lowest BCUT2D eigenvalue weighted by molar-refractivity contribution is 0.0967. The number of nitrogens with one attached hydrogen (secondary N) is 3. The third-order valence-corrected chi connectivity index (χ3v) is 3.56. The van der Waals surface area contributed by atoms with Crippen LogP contribution < -0.4 is 16.5 Å². The van der Waals surface area contributed by atoms with Crippen molar-refractivity contribution in [3.8, 4) is 0 Å². The molecule has 0 heterocycles. The molecule has 23 heavy (non-hydrogen) atoms. The van der Waals surface area contributed by atoms with Crippen LogP contribution in [0.2, 0.25) is 0 Å². The Kier molecular flexibility index (Phi) is 6.05. The van der Waals surface area contributed by atoms with E-state index in [1.54, 1.807) is 14.1 Å². The molecule has 0 spiro atoms. The lowest BCUT2D eigenvalue weighted by Crippen LogP contribution is -2.45. The molecular formula is C13H18BrFN6O2. The molecule has 10 heteroatoms. The summed E-state index contributed by atoms with van der Waals surface area (Å²) >= 11 is 3.16. The molecule has 0 atom stereocenters. The highest BCUT2D eigenvalue weighted by Gasteiger charge is 2.22. The fourth-order valence-electron chi connectivity index (χ4n) is 1.65. The van der Waals surface area contributed by atoms with E-state index in [4.69, 9.17) is 11.3 Å². The molecule has 3 amide bonds. The Hall–Kier alpha value is -2.20. The van der Waals surface area contributed by atoms with Crippen LogP contribution in [-0.4, -0.2) is 48.9 Å². The van der Waals surface area contributed by atoms with Crippen LogP contribution in [0.4, 0.5) is 14.9 Å². The third kappa shape index (κ3) is 4.39. The van der Waals surface area contributed by atoms with Gasteiger partial charge in [-0.3, -0.25) is 20.5 Å². The van der Waals surface area contributed by atoms with Crippen molar-refractivity contribution in [3.63, 3.8) is 0 Å². The maximum atomic E-state index is 14.2. The van der Waals surface area contributed by atoms with Crippen molar-refractivity contribution in [3.05, 3.63) is 27.5 Å². The van der Waals surface area contributed by atoms with Crippen LogP contribution in [0.1, 0.15) is 15.9 Å². The number of hydrogen-bond acceptors (Lipinski definition) is 4. The van der Waals surface area contributed by atoms with Gasteiger partial charge >= 0.3 is 6.03 Å². The summed E-state index contributed by atoms with van der Waals surface area (Å²) < 4.78 is 14.5. The van der Waals surface area contributed by atoms with Gasteiger partial charge in [-0.05, 0) is 34.5 Å². The van der Waals surface area contributed by atoms with E-state index in [1.807, 2.05) is 0 Å². The maximum Gasteiger partial charge on any atom is 0.321 e. The Morgan fingerprint density at radius 1 is 1.35 bits per heavy atom. The van der Waals surface area contributed by atoms with Crippen LogP contribution in [0.3, 0.4) is 0 Å². The summed E-state index contributed by atoms with van der Waals surface area (Å²) in [7, 11) is 4.46. The Morgan fingerprint density at radius 3 is 2.39 bits per heavy atom. The average molecular weight is 389 g/mol. The van der Waals surface area contributed by atoms with E-state index in [9.17, 15) is 14.0 Å². The molecule has 5 N–H and O–H groups in total. The molecule has 126 valence electrons. The third-order valence-electron chi connectivity index (χ3n) is 2.93. The second-order valence-corrected chi connectivity index (χ2v) is 5.81. The predicted octanol–water partition coefficient (Wildman–Crippen LogP) is 1.46. The van der Waals surface area contributed by atoms with Gasteiger partial charge in [0.05, 0.1) is 11.3 Å². The monoisotopic (exact) mass is 388 g/mol. The van der Waals surface area contributed by atoms with Gasteiger partial charge in [0.25, 0.3) is 5.91 Å². The number of carbonyl (C=O) groups excluding carboxylic acids is 2. The molecule has 0 aliphatic rings. The fraction of sp³-hybridized carbons (Fsp3) is 0.308. The second kappa shape index (κ2) is 7.38. The molecule has 0 aliphatic carbocycles. The molecular weight excluding hydrogens is 371 g/mol. The Labute approximate surface area is 141 Å². The van der Waals surface area contributed by atoms with E-state index in [2.05, 4.69) is 26.6 Å².